The van der Waals surface area contributed by atoms with Crippen LogP contribution in [-0.2, 0) is 18.4 Å². The van der Waals surface area contributed by atoms with E-state index in [2.05, 4.69) is 104 Å². The second kappa shape index (κ2) is 42.7. The lowest BCUT2D eigenvalue weighted by atomic mass is 10.1. The van der Waals surface area contributed by atoms with Crippen LogP contribution in [0.3, 0.4) is 0 Å². The predicted octanol–water partition coefficient (Wildman–Crippen LogP) is 13.3. The third-order valence-electron chi connectivity index (χ3n) is 10.0. The molecule has 3 unspecified atom stereocenters. The van der Waals surface area contributed by atoms with Gasteiger partial charge in [0.15, 0.2) is 0 Å². The van der Waals surface area contributed by atoms with E-state index in [1.165, 1.54) is 64.2 Å². The van der Waals surface area contributed by atoms with Crippen molar-refractivity contribution in [1.29, 1.82) is 0 Å². The second-order valence-electron chi connectivity index (χ2n) is 17.1. The monoisotopic (exact) mass is 871 g/mol. The van der Waals surface area contributed by atoms with Crippen LogP contribution in [0.25, 0.3) is 0 Å². The number of phosphoric acid groups is 1. The van der Waals surface area contributed by atoms with Gasteiger partial charge in [-0.25, -0.2) is 0 Å². The third kappa shape index (κ3) is 45.3. The van der Waals surface area contributed by atoms with Crippen molar-refractivity contribution in [3.8, 4) is 0 Å². The Morgan fingerprint density at radius 2 is 1.02 bits per heavy atom. The molecule has 61 heavy (non-hydrogen) atoms. The Hall–Kier alpha value is -2.58. The van der Waals surface area contributed by atoms with E-state index < -0.39 is 26.6 Å². The van der Waals surface area contributed by atoms with Crippen LogP contribution >= 0.6 is 7.82 Å². The lowest BCUT2D eigenvalue weighted by Gasteiger charge is -2.29. The first-order valence-electron chi connectivity index (χ1n) is 24.1. The van der Waals surface area contributed by atoms with Gasteiger partial charge in [-0.2, -0.15) is 0 Å². The summed E-state index contributed by atoms with van der Waals surface area (Å²) in [5.41, 5.74) is 0. The maximum atomic E-state index is 12.9. The molecule has 0 aliphatic carbocycles. The minimum atomic E-state index is -4.61. The number of amides is 1. The SMILES string of the molecule is CC/C=C\C/C=C\C/C=C\C/C=C\C/C=C\C/C=C\CCCCCCC(=O)NC(COP(=O)([O-])OCC[N+](C)(C)C)C(O)/C=C/CC/C=C/CCCCCCCCCCCC. The number of likely N-dealkylation sites (N-methyl/N-ethyl adjacent to an activating group) is 1. The molecule has 0 heterocycles. The van der Waals surface area contributed by atoms with Gasteiger partial charge in [-0.15, -0.1) is 0 Å². The van der Waals surface area contributed by atoms with Crippen molar-refractivity contribution in [3.63, 3.8) is 0 Å². The average Bonchev–Trinajstić information content (AvgIpc) is 3.21. The van der Waals surface area contributed by atoms with Gasteiger partial charge in [-0.1, -0.05) is 182 Å². The Labute approximate surface area is 375 Å². The summed E-state index contributed by atoms with van der Waals surface area (Å²) in [6, 6.07) is -0.923. The molecule has 0 saturated carbocycles. The number of phosphoric ester groups is 1. The highest BCUT2D eigenvalue weighted by Gasteiger charge is 2.23. The van der Waals surface area contributed by atoms with Crippen molar-refractivity contribution in [2.75, 3.05) is 40.9 Å². The molecule has 350 valence electrons. The van der Waals surface area contributed by atoms with Crippen LogP contribution in [0.15, 0.2) is 97.2 Å². The van der Waals surface area contributed by atoms with E-state index in [1.54, 1.807) is 6.08 Å². The normalized spacial score (nSPS) is 15.1. The maximum Gasteiger partial charge on any atom is 0.268 e. The topological polar surface area (TPSA) is 108 Å². The number of hydrogen-bond donors (Lipinski definition) is 2. The average molecular weight is 871 g/mol. The van der Waals surface area contributed by atoms with Crippen molar-refractivity contribution in [2.45, 2.75) is 187 Å². The third-order valence-corrected chi connectivity index (χ3v) is 11.0. The van der Waals surface area contributed by atoms with Gasteiger partial charge in [0.2, 0.25) is 5.91 Å². The summed E-state index contributed by atoms with van der Waals surface area (Å²) in [5.74, 6) is -0.236. The lowest BCUT2D eigenvalue weighted by molar-refractivity contribution is -0.870. The quantitative estimate of drug-likeness (QED) is 0.0274. The van der Waals surface area contributed by atoms with Crippen LogP contribution in [-0.4, -0.2) is 68.5 Å². The van der Waals surface area contributed by atoms with Crippen molar-refractivity contribution in [1.82, 2.24) is 5.32 Å². The van der Waals surface area contributed by atoms with Gasteiger partial charge in [0.25, 0.3) is 7.82 Å². The first-order valence-corrected chi connectivity index (χ1v) is 25.6. The number of carbonyl (C=O) groups is 1. The van der Waals surface area contributed by atoms with Gasteiger partial charge in [-0.05, 0) is 83.5 Å². The van der Waals surface area contributed by atoms with Crippen molar-refractivity contribution >= 4 is 13.7 Å². The number of nitrogens with zero attached hydrogens (tertiary/aromatic N) is 1. The molecule has 0 radical (unpaired) electrons. The van der Waals surface area contributed by atoms with E-state index in [0.29, 0.717) is 17.4 Å². The fraction of sp³-hybridized carbons (Fsp3) is 0.673. The summed E-state index contributed by atoms with van der Waals surface area (Å²) in [4.78, 5) is 25.4. The summed E-state index contributed by atoms with van der Waals surface area (Å²) in [7, 11) is 1.21. The minimum Gasteiger partial charge on any atom is -0.756 e. The molecule has 3 atom stereocenters. The molecule has 0 aromatic carbocycles. The number of unbranched alkanes of at least 4 members (excludes halogenated alkanes) is 15. The standard InChI is InChI=1S/C52H91N2O6P/c1-6-8-10-12-14-16-18-20-22-24-25-26-27-28-29-30-32-34-36-38-40-42-44-46-52(56)53-50(49-60-61(57,58)59-48-47-54(3,4)5)51(55)45-43-41-39-37-35-33-31-23-21-19-17-15-13-11-9-7-2/h8,10,14,16,20,22,25-26,28-29,32,34-35,37,43,45,50-51,55H,6-7,9,11-13,15,17-19,21,23-24,27,30-31,33,36,38-42,44,46-49H2,1-5H3,(H-,53,56,57,58)/b10-8-,16-14-,22-20-,26-25-,29-28-,34-32-,37-35+,45-43+. The number of aliphatic hydroxyl groups is 1. The molecule has 0 rings (SSSR count). The number of carbonyl (C=O) groups excluding carboxylic acids is 1. The van der Waals surface area contributed by atoms with Crippen LogP contribution in [0.5, 0.6) is 0 Å². The fourth-order valence-electron chi connectivity index (χ4n) is 6.23. The number of quaternary nitrogens is 1. The van der Waals surface area contributed by atoms with Crippen LogP contribution in [0, 0.1) is 0 Å². The molecule has 0 saturated heterocycles. The van der Waals surface area contributed by atoms with Crippen LogP contribution in [0.2, 0.25) is 0 Å². The first kappa shape index (κ1) is 58.4. The molecule has 0 bridgehead atoms. The molecule has 0 aliphatic heterocycles. The lowest BCUT2D eigenvalue weighted by Crippen LogP contribution is -2.45. The summed E-state index contributed by atoms with van der Waals surface area (Å²) in [6.07, 6.45) is 60.3. The zero-order chi connectivity index (χ0) is 45.0. The van der Waals surface area contributed by atoms with Crippen LogP contribution in [0.4, 0.5) is 0 Å². The highest BCUT2D eigenvalue weighted by atomic mass is 31.2. The van der Waals surface area contributed by atoms with Gasteiger partial charge >= 0.3 is 0 Å². The molecule has 0 aromatic heterocycles. The van der Waals surface area contributed by atoms with Crippen LogP contribution in [0.1, 0.15) is 174 Å². The van der Waals surface area contributed by atoms with E-state index in [4.69, 9.17) is 9.05 Å². The first-order chi connectivity index (χ1) is 29.5. The van der Waals surface area contributed by atoms with E-state index in [0.717, 1.165) is 89.9 Å². The summed E-state index contributed by atoms with van der Waals surface area (Å²) < 4.78 is 23.2. The Morgan fingerprint density at radius 1 is 0.590 bits per heavy atom. The summed E-state index contributed by atoms with van der Waals surface area (Å²) in [5, 5.41) is 13.8. The highest BCUT2D eigenvalue weighted by Crippen LogP contribution is 2.38. The molecular formula is C52H91N2O6P. The van der Waals surface area contributed by atoms with Gasteiger partial charge in [0.1, 0.15) is 13.2 Å². The summed E-state index contributed by atoms with van der Waals surface area (Å²) in [6.45, 7) is 4.47. The number of rotatable bonds is 42. The van der Waals surface area contributed by atoms with Gasteiger partial charge in [0, 0.05) is 6.42 Å². The molecule has 2 N–H and O–H groups in total. The summed E-state index contributed by atoms with van der Waals surface area (Å²) >= 11 is 0. The molecule has 0 spiro atoms. The predicted molar refractivity (Wildman–Crippen MR) is 260 cm³/mol. The fourth-order valence-corrected chi connectivity index (χ4v) is 6.95. The van der Waals surface area contributed by atoms with Gasteiger partial charge < -0.3 is 28.8 Å². The smallest absolute Gasteiger partial charge is 0.268 e. The molecule has 8 nitrogen and oxygen atoms in total. The maximum absolute atomic E-state index is 12.9. The second-order valence-corrected chi connectivity index (χ2v) is 18.5. The van der Waals surface area contributed by atoms with Crippen molar-refractivity contribution in [3.05, 3.63) is 97.2 Å². The highest BCUT2D eigenvalue weighted by molar-refractivity contribution is 7.45. The molecule has 0 aliphatic rings. The number of aliphatic hydroxyl groups excluding tert-OH is 1. The molecular weight excluding hydrogens is 780 g/mol. The van der Waals surface area contributed by atoms with E-state index in [9.17, 15) is 19.4 Å². The van der Waals surface area contributed by atoms with Crippen LogP contribution < -0.4 is 10.2 Å². The molecule has 0 fully saturated rings. The van der Waals surface area contributed by atoms with Crippen molar-refractivity contribution < 1.29 is 32.9 Å². The zero-order valence-corrected chi connectivity index (χ0v) is 40.5. The number of nitrogens with one attached hydrogen (secondary N) is 1. The molecule has 1 amide bonds. The van der Waals surface area contributed by atoms with E-state index in [-0.39, 0.29) is 12.5 Å². The Morgan fingerprint density at radius 3 is 1.52 bits per heavy atom. The molecule has 0 aromatic rings. The Balaban J connectivity index is 4.48. The Kier molecular flexibility index (Phi) is 40.9. The van der Waals surface area contributed by atoms with Crippen molar-refractivity contribution in [2.24, 2.45) is 0 Å². The van der Waals surface area contributed by atoms with E-state index >= 15 is 0 Å². The van der Waals surface area contributed by atoms with E-state index in [1.807, 2.05) is 27.2 Å². The van der Waals surface area contributed by atoms with Gasteiger partial charge in [-0.3, -0.25) is 9.36 Å². The van der Waals surface area contributed by atoms with Gasteiger partial charge in [0.05, 0.1) is 39.9 Å². The largest absolute Gasteiger partial charge is 0.756 e. The Bertz CT molecular complexity index is 1310. The zero-order valence-electron chi connectivity index (χ0n) is 39.6. The molecule has 9 heteroatoms. The number of allylic oxidation sites excluding steroid dienone is 15. The minimum absolute atomic E-state index is 0.0173. The number of hydrogen-bond acceptors (Lipinski definition) is 6.